The number of rotatable bonds is 5. The third kappa shape index (κ3) is 3.65. The van der Waals surface area contributed by atoms with Crippen LogP contribution >= 0.6 is 0 Å². The van der Waals surface area contributed by atoms with Crippen LogP contribution in [0.2, 0.25) is 0 Å². The number of anilines is 1. The molecule has 0 spiro atoms. The molecular weight excluding hydrogens is 271 g/mol. The van der Waals surface area contributed by atoms with E-state index in [0.717, 1.165) is 12.1 Å². The van der Waals surface area contributed by atoms with E-state index in [4.69, 9.17) is 10.8 Å². The number of carboxylic acids is 1. The summed E-state index contributed by atoms with van der Waals surface area (Å²) in [6.45, 7) is 0.911. The second-order valence-electron chi connectivity index (χ2n) is 4.22. The number of aliphatic hydroxyl groups is 2. The summed E-state index contributed by atoms with van der Waals surface area (Å²) in [5, 5.41) is 30.6. The number of nitrogens with two attached hydrogens (primary N) is 1. The fraction of sp³-hybridized carbons (Fsp3) is 0.333. The molecule has 0 aliphatic rings. The van der Waals surface area contributed by atoms with Crippen molar-refractivity contribution in [2.75, 3.05) is 12.3 Å². The summed E-state index contributed by atoms with van der Waals surface area (Å²) in [6, 6.07) is 1.61. The lowest BCUT2D eigenvalue weighted by molar-refractivity contribution is -0.119. The Kier molecular flexibility index (Phi) is 5.00. The molecule has 0 aliphatic carbocycles. The van der Waals surface area contributed by atoms with Crippen LogP contribution in [0.15, 0.2) is 12.1 Å². The third-order valence-electron chi connectivity index (χ3n) is 2.64. The van der Waals surface area contributed by atoms with Gasteiger partial charge in [0.15, 0.2) is 0 Å². The topological polar surface area (TPSA) is 133 Å². The number of aromatic carboxylic acids is 1. The fourth-order valence-electron chi connectivity index (χ4n) is 1.58. The van der Waals surface area contributed by atoms with Crippen molar-refractivity contribution in [1.82, 2.24) is 5.32 Å². The zero-order chi connectivity index (χ0) is 15.4. The summed E-state index contributed by atoms with van der Waals surface area (Å²) in [7, 11) is 0. The van der Waals surface area contributed by atoms with Gasteiger partial charge < -0.3 is 26.4 Å². The highest BCUT2D eigenvalue weighted by molar-refractivity contribution is 5.93. The average Bonchev–Trinajstić information content (AvgIpc) is 2.34. The maximum absolute atomic E-state index is 13.7. The molecule has 0 aliphatic heterocycles. The maximum atomic E-state index is 13.7. The van der Waals surface area contributed by atoms with Gasteiger partial charge in [-0.3, -0.25) is 4.79 Å². The highest BCUT2D eigenvalue weighted by Crippen LogP contribution is 2.25. The first-order valence-corrected chi connectivity index (χ1v) is 5.66. The number of hydrogen-bond acceptors (Lipinski definition) is 5. The Morgan fingerprint density at radius 2 is 2.00 bits per heavy atom. The number of nitrogen functional groups attached to an aromatic ring is 1. The Balaban J connectivity index is 3.02. The molecule has 0 fully saturated rings. The van der Waals surface area contributed by atoms with Gasteiger partial charge in [-0.05, 0) is 12.1 Å². The Labute approximate surface area is 113 Å². The van der Waals surface area contributed by atoms with Crippen LogP contribution in [-0.4, -0.2) is 39.8 Å². The molecule has 0 radical (unpaired) electrons. The van der Waals surface area contributed by atoms with Crippen molar-refractivity contribution in [2.45, 2.75) is 19.1 Å². The molecule has 6 N–H and O–H groups in total. The Morgan fingerprint density at radius 3 is 2.50 bits per heavy atom. The van der Waals surface area contributed by atoms with Crippen LogP contribution in [0, 0.1) is 5.82 Å². The fourth-order valence-corrected chi connectivity index (χ4v) is 1.58. The van der Waals surface area contributed by atoms with Crippen LogP contribution in [0.5, 0.6) is 0 Å². The molecule has 0 heterocycles. The van der Waals surface area contributed by atoms with E-state index in [1.165, 1.54) is 6.92 Å². The summed E-state index contributed by atoms with van der Waals surface area (Å²) in [5.74, 6) is -2.76. The number of halogens is 1. The van der Waals surface area contributed by atoms with Crippen LogP contribution in [0.4, 0.5) is 10.1 Å². The van der Waals surface area contributed by atoms with Gasteiger partial charge in [0.05, 0.1) is 5.56 Å². The number of carbonyl (C=O) groups excluding carboxylic acids is 1. The van der Waals surface area contributed by atoms with Crippen molar-refractivity contribution in [3.63, 3.8) is 0 Å². The molecule has 7 nitrogen and oxygen atoms in total. The van der Waals surface area contributed by atoms with Crippen LogP contribution in [-0.2, 0) is 4.79 Å². The number of aliphatic hydroxyl groups excluding tert-OH is 2. The van der Waals surface area contributed by atoms with Crippen LogP contribution in [0.25, 0.3) is 0 Å². The van der Waals surface area contributed by atoms with E-state index in [-0.39, 0.29) is 17.8 Å². The second-order valence-corrected chi connectivity index (χ2v) is 4.22. The summed E-state index contributed by atoms with van der Waals surface area (Å²) in [4.78, 5) is 21.6. The van der Waals surface area contributed by atoms with Crippen molar-refractivity contribution >= 4 is 17.6 Å². The molecule has 2 atom stereocenters. The predicted molar refractivity (Wildman–Crippen MR) is 67.4 cm³/mol. The standard InChI is InChI=1S/C12H15FN2O5/c1-5(16)15-4-10(17)11(18)6-2-7(12(19)20)9(14)3-8(6)13/h2-3,10-11,17-18H,4,14H2,1H3,(H,15,16)(H,19,20). The van der Waals surface area contributed by atoms with Crippen molar-refractivity contribution < 1.29 is 29.3 Å². The molecule has 110 valence electrons. The molecule has 1 rings (SSSR count). The summed E-state index contributed by atoms with van der Waals surface area (Å²) in [6.07, 6.45) is -3.18. The molecule has 1 aromatic carbocycles. The van der Waals surface area contributed by atoms with Crippen LogP contribution in [0.3, 0.4) is 0 Å². The number of carbonyl (C=O) groups is 2. The number of benzene rings is 1. The van der Waals surface area contributed by atoms with Gasteiger partial charge in [0.25, 0.3) is 0 Å². The summed E-state index contributed by atoms with van der Waals surface area (Å²) < 4.78 is 13.7. The third-order valence-corrected chi connectivity index (χ3v) is 2.64. The first kappa shape index (κ1) is 15.9. The van der Waals surface area contributed by atoms with Crippen LogP contribution in [0.1, 0.15) is 28.9 Å². The molecule has 0 saturated heterocycles. The Bertz CT molecular complexity index is 535. The quantitative estimate of drug-likeness (QED) is 0.469. The molecule has 0 bridgehead atoms. The highest BCUT2D eigenvalue weighted by atomic mass is 19.1. The van der Waals surface area contributed by atoms with E-state index in [2.05, 4.69) is 5.32 Å². The van der Waals surface area contributed by atoms with Gasteiger partial charge in [-0.15, -0.1) is 0 Å². The predicted octanol–water partition coefficient (Wildman–Crippen LogP) is -0.363. The van der Waals surface area contributed by atoms with Crippen LogP contribution < -0.4 is 11.1 Å². The van der Waals surface area contributed by atoms with E-state index < -0.39 is 35.5 Å². The number of hydrogen-bond donors (Lipinski definition) is 5. The van der Waals surface area contributed by atoms with Crippen molar-refractivity contribution in [1.29, 1.82) is 0 Å². The lowest BCUT2D eigenvalue weighted by atomic mass is 10.00. The molecule has 20 heavy (non-hydrogen) atoms. The highest BCUT2D eigenvalue weighted by Gasteiger charge is 2.24. The van der Waals surface area contributed by atoms with E-state index >= 15 is 0 Å². The van der Waals surface area contributed by atoms with Gasteiger partial charge in [0, 0.05) is 24.7 Å². The lowest BCUT2D eigenvalue weighted by Crippen LogP contribution is -2.34. The van der Waals surface area contributed by atoms with Gasteiger partial charge in [-0.1, -0.05) is 0 Å². The first-order valence-electron chi connectivity index (χ1n) is 5.66. The second kappa shape index (κ2) is 6.31. The van der Waals surface area contributed by atoms with Crippen molar-refractivity contribution in [2.24, 2.45) is 0 Å². The average molecular weight is 286 g/mol. The van der Waals surface area contributed by atoms with Gasteiger partial charge >= 0.3 is 5.97 Å². The maximum Gasteiger partial charge on any atom is 0.337 e. The summed E-state index contributed by atoms with van der Waals surface area (Å²) in [5.41, 5.74) is 4.26. The minimum absolute atomic E-state index is 0.290. The molecular formula is C12H15FN2O5. The molecule has 1 aromatic rings. The van der Waals surface area contributed by atoms with E-state index in [1.54, 1.807) is 0 Å². The Morgan fingerprint density at radius 1 is 1.40 bits per heavy atom. The largest absolute Gasteiger partial charge is 0.478 e. The normalized spacial score (nSPS) is 13.6. The molecule has 1 amide bonds. The number of amides is 1. The number of carboxylic acid groups (broad SMARTS) is 1. The first-order chi connectivity index (χ1) is 9.23. The van der Waals surface area contributed by atoms with Gasteiger partial charge in [0.1, 0.15) is 18.0 Å². The van der Waals surface area contributed by atoms with Gasteiger partial charge in [-0.25, -0.2) is 9.18 Å². The zero-order valence-electron chi connectivity index (χ0n) is 10.6. The van der Waals surface area contributed by atoms with E-state index in [0.29, 0.717) is 0 Å². The SMILES string of the molecule is CC(=O)NCC(O)C(O)c1cc(C(=O)O)c(N)cc1F. The van der Waals surface area contributed by atoms with Gasteiger partial charge in [-0.2, -0.15) is 0 Å². The van der Waals surface area contributed by atoms with E-state index in [9.17, 15) is 24.2 Å². The van der Waals surface area contributed by atoms with Crippen molar-refractivity contribution in [3.8, 4) is 0 Å². The minimum Gasteiger partial charge on any atom is -0.478 e. The monoisotopic (exact) mass is 286 g/mol. The zero-order valence-corrected chi connectivity index (χ0v) is 10.6. The molecule has 2 unspecified atom stereocenters. The molecule has 0 aromatic heterocycles. The summed E-state index contributed by atoms with van der Waals surface area (Å²) >= 11 is 0. The minimum atomic E-state index is -1.69. The smallest absolute Gasteiger partial charge is 0.337 e. The number of nitrogens with one attached hydrogen (secondary N) is 1. The Hall–Kier alpha value is -2.19. The van der Waals surface area contributed by atoms with E-state index in [1.807, 2.05) is 0 Å². The van der Waals surface area contributed by atoms with Gasteiger partial charge in [0.2, 0.25) is 5.91 Å². The lowest BCUT2D eigenvalue weighted by Gasteiger charge is -2.19. The molecule has 8 heteroatoms. The van der Waals surface area contributed by atoms with Crippen molar-refractivity contribution in [3.05, 3.63) is 29.1 Å². The molecule has 0 saturated carbocycles.